The molecule has 2 heterocycles. The smallest absolute Gasteiger partial charge is 0.340 e. The molecule has 1 unspecified atom stereocenters. The number of methoxy groups -OCH3 is 1. The number of hydrogen-bond donors (Lipinski definition) is 2. The van der Waals surface area contributed by atoms with Crippen molar-refractivity contribution in [1.29, 1.82) is 0 Å². The van der Waals surface area contributed by atoms with Crippen LogP contribution in [0, 0.1) is 0 Å². The topological polar surface area (TPSA) is 151 Å². The molecule has 170 valence electrons. The molecule has 0 aromatic heterocycles. The van der Waals surface area contributed by atoms with Crippen LogP contribution in [0.3, 0.4) is 0 Å². The van der Waals surface area contributed by atoms with Crippen LogP contribution in [0.2, 0.25) is 0 Å². The molecule has 0 fully saturated rings. The largest absolute Gasteiger partial charge is 0.465 e. The zero-order valence-electron chi connectivity index (χ0n) is 18.5. The van der Waals surface area contributed by atoms with Gasteiger partial charge in [-0.1, -0.05) is 18.2 Å². The number of para-hydroxylation sites is 1. The second-order valence-corrected chi connectivity index (χ2v) is 8.39. The molecule has 32 heavy (non-hydrogen) atoms. The molecule has 4 N–H and O–H groups in total. The summed E-state index contributed by atoms with van der Waals surface area (Å²) in [6.07, 6.45) is 0. The highest BCUT2D eigenvalue weighted by Gasteiger charge is 2.64. The lowest BCUT2D eigenvalue weighted by Gasteiger charge is -2.37. The number of fused-ring (bicyclic) bond motifs is 2. The van der Waals surface area contributed by atoms with E-state index < -0.39 is 47.2 Å². The molecule has 0 saturated heterocycles. The van der Waals surface area contributed by atoms with Crippen molar-refractivity contribution in [2.24, 2.45) is 11.5 Å². The summed E-state index contributed by atoms with van der Waals surface area (Å²) < 4.78 is 16.0. The van der Waals surface area contributed by atoms with E-state index in [9.17, 15) is 19.2 Å². The Balaban J connectivity index is 2.42. The van der Waals surface area contributed by atoms with Gasteiger partial charge in [0.05, 0.1) is 7.11 Å². The zero-order chi connectivity index (χ0) is 24.0. The van der Waals surface area contributed by atoms with Gasteiger partial charge >= 0.3 is 11.9 Å². The first-order valence-corrected chi connectivity index (χ1v) is 9.77. The first-order chi connectivity index (χ1) is 14.9. The quantitative estimate of drug-likeness (QED) is 0.647. The summed E-state index contributed by atoms with van der Waals surface area (Å²) in [5.41, 5.74) is 8.40. The maximum absolute atomic E-state index is 14.0. The molecule has 2 aliphatic heterocycles. The van der Waals surface area contributed by atoms with E-state index in [2.05, 4.69) is 0 Å². The summed E-state index contributed by atoms with van der Waals surface area (Å²) >= 11 is 0. The Morgan fingerprint density at radius 3 is 2.31 bits per heavy atom. The highest BCUT2D eigenvalue weighted by atomic mass is 16.6. The van der Waals surface area contributed by atoms with Gasteiger partial charge in [-0.25, -0.2) is 9.59 Å². The van der Waals surface area contributed by atoms with Gasteiger partial charge in [0.25, 0.3) is 0 Å². The summed E-state index contributed by atoms with van der Waals surface area (Å²) in [6, 6.07) is 6.41. The van der Waals surface area contributed by atoms with Crippen LogP contribution in [0.4, 0.5) is 5.69 Å². The van der Waals surface area contributed by atoms with Crippen LogP contribution >= 0.6 is 0 Å². The van der Waals surface area contributed by atoms with E-state index in [1.165, 1.54) is 6.92 Å². The third kappa shape index (κ3) is 3.37. The van der Waals surface area contributed by atoms with Crippen LogP contribution in [0.15, 0.2) is 47.1 Å². The molecule has 2 amide bonds. The van der Waals surface area contributed by atoms with E-state index in [1.54, 1.807) is 45.0 Å². The molecular formula is C22H25N3O7. The third-order valence-electron chi connectivity index (χ3n) is 5.08. The first-order valence-electron chi connectivity index (χ1n) is 9.77. The van der Waals surface area contributed by atoms with Crippen LogP contribution in [0.1, 0.15) is 33.3 Å². The summed E-state index contributed by atoms with van der Waals surface area (Å²) in [5, 5.41) is 0. The number of nitrogens with zero attached hydrogens (tertiary/aromatic N) is 1. The summed E-state index contributed by atoms with van der Waals surface area (Å²) in [4.78, 5) is 53.2. The third-order valence-corrected chi connectivity index (χ3v) is 5.08. The fraction of sp³-hybridized carbons (Fsp3) is 0.364. The van der Waals surface area contributed by atoms with Gasteiger partial charge in [-0.2, -0.15) is 0 Å². The Labute approximate surface area is 184 Å². The van der Waals surface area contributed by atoms with Crippen LogP contribution in [-0.4, -0.2) is 43.0 Å². The van der Waals surface area contributed by atoms with Crippen molar-refractivity contribution in [1.82, 2.24) is 0 Å². The van der Waals surface area contributed by atoms with Gasteiger partial charge in [-0.05, 0) is 33.8 Å². The Hall–Kier alpha value is -3.82. The monoisotopic (exact) mass is 443 g/mol. The van der Waals surface area contributed by atoms with E-state index >= 15 is 0 Å². The number of esters is 2. The van der Waals surface area contributed by atoms with Crippen molar-refractivity contribution >= 4 is 29.4 Å². The molecule has 1 aromatic rings. The lowest BCUT2D eigenvalue weighted by atomic mass is 9.67. The molecule has 3 rings (SSSR count). The van der Waals surface area contributed by atoms with Gasteiger partial charge in [0, 0.05) is 11.3 Å². The van der Waals surface area contributed by atoms with E-state index in [1.807, 2.05) is 0 Å². The fourth-order valence-corrected chi connectivity index (χ4v) is 4.07. The number of amides is 2. The molecule has 0 saturated carbocycles. The molecule has 0 aliphatic carbocycles. The van der Waals surface area contributed by atoms with Gasteiger partial charge in [-0.15, -0.1) is 0 Å². The highest BCUT2D eigenvalue weighted by molar-refractivity contribution is 6.23. The molecule has 0 bridgehead atoms. The number of benzene rings is 1. The van der Waals surface area contributed by atoms with Crippen molar-refractivity contribution in [3.8, 4) is 0 Å². The molecule has 10 heteroatoms. The average molecular weight is 443 g/mol. The van der Waals surface area contributed by atoms with Crippen LogP contribution in [-0.2, 0) is 38.8 Å². The van der Waals surface area contributed by atoms with Crippen LogP contribution < -0.4 is 16.4 Å². The Morgan fingerprint density at radius 1 is 1.12 bits per heavy atom. The number of carbonyl (C=O) groups excluding carboxylic acids is 4. The molecule has 1 atom stereocenters. The Morgan fingerprint density at radius 2 is 1.75 bits per heavy atom. The summed E-state index contributed by atoms with van der Waals surface area (Å²) in [5.74, 6) is -3.83. The maximum atomic E-state index is 14.0. The first kappa shape index (κ1) is 22.9. The van der Waals surface area contributed by atoms with Crippen LogP contribution in [0.5, 0.6) is 0 Å². The number of primary amides is 1. The molecule has 1 aromatic carbocycles. The van der Waals surface area contributed by atoms with Gasteiger partial charge in [-0.3, -0.25) is 9.59 Å². The number of rotatable bonds is 4. The van der Waals surface area contributed by atoms with E-state index in [-0.39, 0.29) is 22.5 Å². The number of nitrogens with two attached hydrogens (primary N) is 2. The van der Waals surface area contributed by atoms with Crippen molar-refractivity contribution in [3.05, 3.63) is 52.6 Å². The van der Waals surface area contributed by atoms with Gasteiger partial charge in [0.1, 0.15) is 34.5 Å². The van der Waals surface area contributed by atoms with Gasteiger partial charge in [0.2, 0.25) is 17.7 Å². The lowest BCUT2D eigenvalue weighted by molar-refractivity contribution is -0.152. The zero-order valence-corrected chi connectivity index (χ0v) is 18.5. The SMILES string of the molecule is COC(=O)C1=C(N)OC(C)=C(C(=O)OC(C)(C)C)C12C(=O)N(CC(N)=O)c1ccccc12. The maximum Gasteiger partial charge on any atom is 0.340 e. The summed E-state index contributed by atoms with van der Waals surface area (Å²) in [7, 11) is 1.11. The molecular weight excluding hydrogens is 418 g/mol. The van der Waals surface area contributed by atoms with E-state index in [0.717, 1.165) is 12.0 Å². The summed E-state index contributed by atoms with van der Waals surface area (Å²) in [6.45, 7) is 5.94. The second-order valence-electron chi connectivity index (χ2n) is 8.39. The second kappa shape index (κ2) is 7.70. The normalized spacial score (nSPS) is 20.3. The van der Waals surface area contributed by atoms with Crippen molar-refractivity contribution in [2.45, 2.75) is 38.7 Å². The number of ether oxygens (including phenoxy) is 3. The Kier molecular flexibility index (Phi) is 5.50. The van der Waals surface area contributed by atoms with Gasteiger partial charge in [0.15, 0.2) is 0 Å². The minimum Gasteiger partial charge on any atom is -0.465 e. The molecule has 1 spiro atoms. The highest BCUT2D eigenvalue weighted by Crippen LogP contribution is 2.54. The molecule has 0 radical (unpaired) electrons. The van der Waals surface area contributed by atoms with E-state index in [0.29, 0.717) is 5.69 Å². The lowest BCUT2D eigenvalue weighted by Crippen LogP contribution is -2.52. The standard InChI is InChI=1S/C22H25N3O7/c1-11-15(19(28)32-21(2,3)4)22(16(17(24)31-11)18(27)30-5)12-8-6-7-9-13(12)25(20(22)29)10-14(23)26/h6-9H,10,24H2,1-5H3,(H2,23,26). The van der Waals surface area contributed by atoms with Crippen molar-refractivity contribution < 1.29 is 33.4 Å². The van der Waals surface area contributed by atoms with Gasteiger partial charge < -0.3 is 30.6 Å². The van der Waals surface area contributed by atoms with Crippen molar-refractivity contribution in [3.63, 3.8) is 0 Å². The average Bonchev–Trinajstić information content (AvgIpc) is 2.89. The number of hydrogen-bond acceptors (Lipinski definition) is 8. The van der Waals surface area contributed by atoms with Crippen molar-refractivity contribution in [2.75, 3.05) is 18.6 Å². The Bertz CT molecular complexity index is 1100. The minimum absolute atomic E-state index is 0.0199. The predicted molar refractivity (Wildman–Crippen MR) is 113 cm³/mol. The van der Waals surface area contributed by atoms with Crippen LogP contribution in [0.25, 0.3) is 0 Å². The fourth-order valence-electron chi connectivity index (χ4n) is 4.07. The number of anilines is 1. The number of carbonyl (C=O) groups is 4. The predicted octanol–water partition coefficient (Wildman–Crippen LogP) is 0.746. The van der Waals surface area contributed by atoms with E-state index in [4.69, 9.17) is 25.7 Å². The number of allylic oxidation sites excluding steroid dienone is 1. The molecule has 2 aliphatic rings. The minimum atomic E-state index is -2.05. The molecule has 10 nitrogen and oxygen atoms in total.